The molecule has 4 N–H and O–H groups in total. The molecule has 1 atom stereocenters. The van der Waals surface area contributed by atoms with Crippen LogP contribution in [0.2, 0.25) is 0 Å². The number of amides is 1. The van der Waals surface area contributed by atoms with Gasteiger partial charge < -0.3 is 20.5 Å². The molecular formula is C18H24ClN3O5S. The topological polar surface area (TPSA) is 120 Å². The van der Waals surface area contributed by atoms with E-state index in [1.807, 2.05) is 6.92 Å². The fraction of sp³-hybridized carbons (Fsp3) is 0.278. The molecule has 0 aromatic heterocycles. The number of anilines is 2. The van der Waals surface area contributed by atoms with Crippen molar-refractivity contribution in [3.05, 3.63) is 42.5 Å². The van der Waals surface area contributed by atoms with Crippen LogP contribution in [0.1, 0.15) is 13.8 Å². The quantitative estimate of drug-likeness (QED) is 0.593. The van der Waals surface area contributed by atoms with Gasteiger partial charge in [0.25, 0.3) is 10.0 Å². The summed E-state index contributed by atoms with van der Waals surface area (Å²) in [6.45, 7) is 3.91. The number of nitrogens with one attached hydrogen (secondary N) is 2. The first kappa shape index (κ1) is 23.5. The third-order valence-corrected chi connectivity index (χ3v) is 4.95. The van der Waals surface area contributed by atoms with E-state index in [0.717, 1.165) is 0 Å². The van der Waals surface area contributed by atoms with E-state index in [9.17, 15) is 13.2 Å². The standard InChI is InChI=1S/C18H23N3O5S.ClH/c1-4-26-15-8-5-13(6-9-15)21-27(23,24)17-11-14(7-10-16(17)25-3)20-18(22)12(2)19;/h5-12,21H,4,19H2,1-3H3,(H,20,22);1H/t12-;/m1./s1. The first-order valence-corrected chi connectivity index (χ1v) is 9.75. The lowest BCUT2D eigenvalue weighted by Crippen LogP contribution is -2.32. The summed E-state index contributed by atoms with van der Waals surface area (Å²) in [5.74, 6) is 0.355. The molecule has 0 saturated carbocycles. The average molecular weight is 430 g/mol. The van der Waals surface area contributed by atoms with Crippen molar-refractivity contribution in [2.75, 3.05) is 23.8 Å². The molecule has 2 aromatic rings. The second-order valence-corrected chi connectivity index (χ2v) is 7.36. The zero-order chi connectivity index (χ0) is 20.0. The number of carbonyl (C=O) groups excluding carboxylic acids is 1. The molecule has 2 aromatic carbocycles. The minimum Gasteiger partial charge on any atom is -0.495 e. The SMILES string of the molecule is CCOc1ccc(NS(=O)(=O)c2cc(NC(=O)[C@@H](C)N)ccc2OC)cc1.Cl. The van der Waals surface area contributed by atoms with Crippen molar-refractivity contribution in [1.29, 1.82) is 0 Å². The van der Waals surface area contributed by atoms with E-state index in [2.05, 4.69) is 10.0 Å². The highest BCUT2D eigenvalue weighted by Crippen LogP contribution is 2.29. The minimum absolute atomic E-state index is 0. The van der Waals surface area contributed by atoms with Crippen LogP contribution in [-0.4, -0.2) is 34.1 Å². The highest BCUT2D eigenvalue weighted by Gasteiger charge is 2.21. The van der Waals surface area contributed by atoms with E-state index < -0.39 is 22.0 Å². The lowest BCUT2D eigenvalue weighted by Gasteiger charge is -2.14. The Morgan fingerprint density at radius 1 is 1.14 bits per heavy atom. The maximum absolute atomic E-state index is 12.8. The molecule has 0 aliphatic carbocycles. The second-order valence-electron chi connectivity index (χ2n) is 5.71. The summed E-state index contributed by atoms with van der Waals surface area (Å²) in [7, 11) is -2.59. The van der Waals surface area contributed by atoms with Crippen molar-refractivity contribution in [3.63, 3.8) is 0 Å². The summed E-state index contributed by atoms with van der Waals surface area (Å²) < 4.78 is 38.6. The normalized spacial score (nSPS) is 11.7. The molecule has 154 valence electrons. The first-order chi connectivity index (χ1) is 12.8. The van der Waals surface area contributed by atoms with Crippen LogP contribution in [-0.2, 0) is 14.8 Å². The van der Waals surface area contributed by atoms with Crippen LogP contribution < -0.4 is 25.2 Å². The highest BCUT2D eigenvalue weighted by atomic mass is 35.5. The van der Waals surface area contributed by atoms with Gasteiger partial charge in [-0.05, 0) is 56.3 Å². The summed E-state index contributed by atoms with van der Waals surface area (Å²) in [5, 5.41) is 2.56. The fourth-order valence-corrected chi connectivity index (χ4v) is 3.47. The van der Waals surface area contributed by atoms with Crippen LogP contribution in [0.15, 0.2) is 47.4 Å². The third kappa shape index (κ3) is 6.01. The molecule has 0 heterocycles. The van der Waals surface area contributed by atoms with Gasteiger partial charge in [0, 0.05) is 11.4 Å². The molecule has 1 amide bonds. The van der Waals surface area contributed by atoms with Gasteiger partial charge in [0.15, 0.2) is 0 Å². The van der Waals surface area contributed by atoms with Crippen molar-refractivity contribution in [2.45, 2.75) is 24.8 Å². The van der Waals surface area contributed by atoms with Crippen molar-refractivity contribution < 1.29 is 22.7 Å². The summed E-state index contributed by atoms with van der Waals surface area (Å²) >= 11 is 0. The smallest absolute Gasteiger partial charge is 0.265 e. The number of carbonyl (C=O) groups is 1. The van der Waals surface area contributed by atoms with Crippen molar-refractivity contribution in [1.82, 2.24) is 0 Å². The van der Waals surface area contributed by atoms with Gasteiger partial charge in [0.05, 0.1) is 19.8 Å². The summed E-state index contributed by atoms with van der Waals surface area (Å²) in [4.78, 5) is 11.6. The first-order valence-electron chi connectivity index (χ1n) is 8.27. The molecule has 0 fully saturated rings. The van der Waals surface area contributed by atoms with Gasteiger partial charge in [-0.3, -0.25) is 9.52 Å². The van der Waals surface area contributed by atoms with Crippen molar-refractivity contribution >= 4 is 39.7 Å². The molecule has 8 nitrogen and oxygen atoms in total. The Hall–Kier alpha value is -2.49. The maximum Gasteiger partial charge on any atom is 0.265 e. The molecule has 0 aliphatic heterocycles. The van der Waals surface area contributed by atoms with Crippen LogP contribution in [0.5, 0.6) is 11.5 Å². The van der Waals surface area contributed by atoms with Gasteiger partial charge in [-0.1, -0.05) is 0 Å². The van der Waals surface area contributed by atoms with Crippen LogP contribution in [0.3, 0.4) is 0 Å². The number of hydrogen-bond donors (Lipinski definition) is 3. The molecular weight excluding hydrogens is 406 g/mol. The maximum atomic E-state index is 12.8. The Balaban J connectivity index is 0.00000392. The van der Waals surface area contributed by atoms with Crippen molar-refractivity contribution in [3.8, 4) is 11.5 Å². The number of hydrogen-bond acceptors (Lipinski definition) is 6. The number of halogens is 1. The van der Waals surface area contributed by atoms with E-state index in [0.29, 0.717) is 23.7 Å². The number of methoxy groups -OCH3 is 1. The summed E-state index contributed by atoms with van der Waals surface area (Å²) in [5.41, 5.74) is 6.18. The van der Waals surface area contributed by atoms with E-state index in [1.165, 1.54) is 32.2 Å². The summed E-state index contributed by atoms with van der Waals surface area (Å²) in [6.07, 6.45) is 0. The van der Waals surface area contributed by atoms with Gasteiger partial charge in [-0.2, -0.15) is 0 Å². The van der Waals surface area contributed by atoms with Gasteiger partial charge in [0.2, 0.25) is 5.91 Å². The number of benzene rings is 2. The lowest BCUT2D eigenvalue weighted by molar-refractivity contribution is -0.117. The number of ether oxygens (including phenoxy) is 2. The zero-order valence-corrected chi connectivity index (χ0v) is 17.4. The monoisotopic (exact) mass is 429 g/mol. The molecule has 28 heavy (non-hydrogen) atoms. The predicted molar refractivity (Wildman–Crippen MR) is 111 cm³/mol. The highest BCUT2D eigenvalue weighted by molar-refractivity contribution is 7.92. The van der Waals surface area contributed by atoms with Crippen LogP contribution in [0, 0.1) is 0 Å². The van der Waals surface area contributed by atoms with E-state index in [4.69, 9.17) is 15.2 Å². The molecule has 0 spiro atoms. The van der Waals surface area contributed by atoms with Gasteiger partial charge >= 0.3 is 0 Å². The Morgan fingerprint density at radius 3 is 2.29 bits per heavy atom. The molecule has 0 saturated heterocycles. The second kappa shape index (κ2) is 10.2. The van der Waals surface area contributed by atoms with E-state index in [1.54, 1.807) is 24.3 Å². The van der Waals surface area contributed by atoms with Crippen molar-refractivity contribution in [2.24, 2.45) is 5.73 Å². The minimum atomic E-state index is -3.96. The van der Waals surface area contributed by atoms with Crippen LogP contribution in [0.4, 0.5) is 11.4 Å². The molecule has 2 rings (SSSR count). The molecule has 0 radical (unpaired) electrons. The Morgan fingerprint density at radius 2 is 1.75 bits per heavy atom. The number of sulfonamides is 1. The van der Waals surface area contributed by atoms with E-state index in [-0.39, 0.29) is 23.1 Å². The molecule has 0 bridgehead atoms. The predicted octanol–water partition coefficient (Wildman–Crippen LogP) is 2.60. The van der Waals surface area contributed by atoms with E-state index >= 15 is 0 Å². The largest absolute Gasteiger partial charge is 0.495 e. The molecule has 0 unspecified atom stereocenters. The number of nitrogens with two attached hydrogens (primary N) is 1. The number of rotatable bonds is 8. The summed E-state index contributed by atoms with van der Waals surface area (Å²) in [6, 6.07) is 10.1. The van der Waals surface area contributed by atoms with Gasteiger partial charge in [-0.25, -0.2) is 8.42 Å². The van der Waals surface area contributed by atoms with Crippen LogP contribution >= 0.6 is 12.4 Å². The Labute approximate surface area is 170 Å². The lowest BCUT2D eigenvalue weighted by atomic mass is 10.2. The Bertz CT molecular complexity index is 902. The van der Waals surface area contributed by atoms with Crippen LogP contribution in [0.25, 0.3) is 0 Å². The zero-order valence-electron chi connectivity index (χ0n) is 15.8. The van der Waals surface area contributed by atoms with Gasteiger partial charge in [0.1, 0.15) is 16.4 Å². The van der Waals surface area contributed by atoms with Gasteiger partial charge in [-0.15, -0.1) is 12.4 Å². The third-order valence-electron chi connectivity index (χ3n) is 3.55. The molecule has 0 aliphatic rings. The Kier molecular flexibility index (Phi) is 8.55. The molecule has 10 heteroatoms. The average Bonchev–Trinajstić information content (AvgIpc) is 2.63. The fourth-order valence-electron chi connectivity index (χ4n) is 2.22.